The summed E-state index contributed by atoms with van der Waals surface area (Å²) in [6, 6.07) is 36.9. The molecule has 11 rings (SSSR count). The van der Waals surface area contributed by atoms with E-state index < -0.39 is 30.2 Å². The molecule has 0 aliphatic carbocycles. The molecule has 268 valence electrons. The Balaban J connectivity index is 1.17. The SMILES string of the molecule is [2H]c1c([2H])c([2H])c(-c2ccc3c4cc(-c5c([2H])c([2H])c6c(c5[2H])c5c([2H])c([2H])c([2H])c([2H])c5n6-c5ccc(-c6ccccc6)cc5)ccc4n(-c4cccc(-c5ccc(F)cc5)c4)c3c2)c([2H])c1[2H]. The van der Waals surface area contributed by atoms with E-state index in [-0.39, 0.29) is 81.0 Å². The van der Waals surface area contributed by atoms with Crippen LogP contribution in [0.15, 0.2) is 212 Å². The molecule has 0 aliphatic heterocycles. The normalized spacial score (nSPS) is 14.5. The van der Waals surface area contributed by atoms with Crippen LogP contribution in [0.4, 0.5) is 4.39 Å². The van der Waals surface area contributed by atoms with E-state index >= 15 is 0 Å². The molecule has 9 aromatic carbocycles. The van der Waals surface area contributed by atoms with Crippen LogP contribution in [0.5, 0.6) is 0 Å². The van der Waals surface area contributed by atoms with Crippen molar-refractivity contribution in [2.45, 2.75) is 0 Å². The molecule has 2 aromatic heterocycles. The van der Waals surface area contributed by atoms with E-state index in [0.717, 1.165) is 22.3 Å². The Morgan fingerprint density at radius 1 is 0.333 bits per heavy atom. The highest BCUT2D eigenvalue weighted by atomic mass is 19.1. The summed E-state index contributed by atoms with van der Waals surface area (Å²) in [6.45, 7) is 0. The van der Waals surface area contributed by atoms with Crippen LogP contribution in [0.3, 0.4) is 0 Å². The third-order valence-electron chi connectivity index (χ3n) is 10.5. The third-order valence-corrected chi connectivity index (χ3v) is 10.5. The first kappa shape index (κ1) is 22.8. The lowest BCUT2D eigenvalue weighted by Gasteiger charge is -2.12. The maximum Gasteiger partial charge on any atom is 0.123 e. The molecule has 0 atom stereocenters. The molecule has 0 spiro atoms. The highest BCUT2D eigenvalue weighted by Crippen LogP contribution is 2.40. The summed E-state index contributed by atoms with van der Waals surface area (Å²) in [5, 5.41) is 1.51. The highest BCUT2D eigenvalue weighted by Gasteiger charge is 2.17. The standard InChI is InChI=1S/C54H35FN2/c55-44-25-18-39(19-26-44)40-14-9-15-46(32-40)57-53-31-24-42(34-50(53)48-29-22-43(35-54(48)57)37-12-5-2-6-13-37)41-23-30-52-49(33-41)47-16-7-8-17-51(47)56(52)45-27-20-38(21-28-45)36-10-3-1-4-11-36/h1-35H/i2D,5D,6D,7D,8D,12D,13D,16D,17D,23D,30D,33D. The number of para-hydroxylation sites is 1. The van der Waals surface area contributed by atoms with Crippen molar-refractivity contribution in [3.8, 4) is 55.9 Å². The number of benzene rings is 9. The Kier molecular flexibility index (Phi) is 5.34. The molecule has 0 aliphatic rings. The second-order valence-electron chi connectivity index (χ2n) is 13.8. The first-order chi connectivity index (χ1) is 33.2. The van der Waals surface area contributed by atoms with Gasteiger partial charge >= 0.3 is 0 Å². The first-order valence-electron chi connectivity index (χ1n) is 24.4. The van der Waals surface area contributed by atoms with Crippen LogP contribution < -0.4 is 0 Å². The van der Waals surface area contributed by atoms with E-state index in [4.69, 9.17) is 12.3 Å². The van der Waals surface area contributed by atoms with Gasteiger partial charge in [0.05, 0.1) is 38.5 Å². The molecular formula is C54H35FN2. The molecule has 0 N–H and O–H groups in total. The predicted octanol–water partition coefficient (Wildman–Crippen LogP) is 14.7. The van der Waals surface area contributed by atoms with Crippen LogP contribution in [0.2, 0.25) is 0 Å². The molecule has 0 fully saturated rings. The number of halogens is 1. The Morgan fingerprint density at radius 3 is 1.81 bits per heavy atom. The highest BCUT2D eigenvalue weighted by molar-refractivity contribution is 6.13. The zero-order valence-corrected chi connectivity index (χ0v) is 30.1. The molecule has 2 nitrogen and oxygen atoms in total. The molecule has 0 saturated carbocycles. The van der Waals surface area contributed by atoms with Gasteiger partial charge in [-0.3, -0.25) is 0 Å². The summed E-state index contributed by atoms with van der Waals surface area (Å²) >= 11 is 0. The smallest absolute Gasteiger partial charge is 0.123 e. The zero-order valence-electron chi connectivity index (χ0n) is 42.1. The van der Waals surface area contributed by atoms with Gasteiger partial charge in [0.15, 0.2) is 0 Å². The first-order valence-corrected chi connectivity index (χ1v) is 18.4. The number of hydrogen-bond acceptors (Lipinski definition) is 0. The van der Waals surface area contributed by atoms with Gasteiger partial charge < -0.3 is 9.13 Å². The fourth-order valence-electron chi connectivity index (χ4n) is 7.82. The van der Waals surface area contributed by atoms with Crippen LogP contribution in [0.1, 0.15) is 16.4 Å². The minimum atomic E-state index is -0.506. The Morgan fingerprint density at radius 2 is 0.965 bits per heavy atom. The van der Waals surface area contributed by atoms with Crippen LogP contribution in [0, 0.1) is 5.82 Å². The second-order valence-corrected chi connectivity index (χ2v) is 13.8. The monoisotopic (exact) mass is 742 g/mol. The number of hydrogen-bond donors (Lipinski definition) is 0. The van der Waals surface area contributed by atoms with Crippen LogP contribution in [-0.4, -0.2) is 9.13 Å². The maximum absolute atomic E-state index is 14.0. The van der Waals surface area contributed by atoms with Crippen LogP contribution in [0.25, 0.3) is 99.5 Å². The van der Waals surface area contributed by atoms with E-state index in [0.29, 0.717) is 44.3 Å². The molecule has 0 amide bonds. The summed E-state index contributed by atoms with van der Waals surface area (Å²) in [7, 11) is 0. The molecular weight excluding hydrogens is 696 g/mol. The average molecular weight is 743 g/mol. The number of nitrogens with zero attached hydrogens (tertiary/aromatic N) is 2. The quantitative estimate of drug-likeness (QED) is 0.161. The molecule has 3 heteroatoms. The molecule has 57 heavy (non-hydrogen) atoms. The summed E-state index contributed by atoms with van der Waals surface area (Å²) in [5.41, 5.74) is 6.95. The third kappa shape index (κ3) is 5.63. The second kappa shape index (κ2) is 13.4. The zero-order chi connectivity index (χ0) is 48.3. The number of fused-ring (bicyclic) bond motifs is 6. The summed E-state index contributed by atoms with van der Waals surface area (Å²) in [5.74, 6) is -0.374. The largest absolute Gasteiger partial charge is 0.309 e. The van der Waals surface area contributed by atoms with Gasteiger partial charge in [-0.2, -0.15) is 0 Å². The summed E-state index contributed by atoms with van der Waals surface area (Å²) in [4.78, 5) is 0. The molecule has 0 saturated heterocycles. The maximum atomic E-state index is 14.0. The van der Waals surface area contributed by atoms with Gasteiger partial charge in [0.1, 0.15) is 5.82 Å². The van der Waals surface area contributed by atoms with Crippen LogP contribution in [-0.2, 0) is 0 Å². The van der Waals surface area contributed by atoms with Crippen molar-refractivity contribution >= 4 is 43.6 Å². The Hall–Kier alpha value is -7.49. The molecule has 0 unspecified atom stereocenters. The fourth-order valence-corrected chi connectivity index (χ4v) is 7.82. The van der Waals surface area contributed by atoms with Gasteiger partial charge in [0.25, 0.3) is 0 Å². The van der Waals surface area contributed by atoms with Gasteiger partial charge in [-0.15, -0.1) is 0 Å². The Bertz CT molecular complexity index is 3950. The van der Waals surface area contributed by atoms with Crippen molar-refractivity contribution in [1.82, 2.24) is 9.13 Å². The van der Waals surface area contributed by atoms with E-state index in [1.807, 2.05) is 83.4 Å². The van der Waals surface area contributed by atoms with Crippen molar-refractivity contribution < 1.29 is 20.8 Å². The minimum Gasteiger partial charge on any atom is -0.309 e. The van der Waals surface area contributed by atoms with Gasteiger partial charge in [0.2, 0.25) is 0 Å². The minimum absolute atomic E-state index is 0.0266. The molecule has 0 bridgehead atoms. The molecule has 2 heterocycles. The summed E-state index contributed by atoms with van der Waals surface area (Å²) in [6.07, 6.45) is 0. The van der Waals surface area contributed by atoms with Crippen molar-refractivity contribution in [3.63, 3.8) is 0 Å². The summed E-state index contributed by atoms with van der Waals surface area (Å²) < 4.78 is 125. The van der Waals surface area contributed by atoms with Crippen molar-refractivity contribution in [3.05, 3.63) is 218 Å². The lowest BCUT2D eigenvalue weighted by Crippen LogP contribution is -1.95. The van der Waals surface area contributed by atoms with Gasteiger partial charge in [-0.25, -0.2) is 4.39 Å². The molecule has 11 aromatic rings. The van der Waals surface area contributed by atoms with Crippen molar-refractivity contribution in [1.29, 1.82) is 0 Å². The van der Waals surface area contributed by atoms with Crippen LogP contribution >= 0.6 is 0 Å². The van der Waals surface area contributed by atoms with Crippen molar-refractivity contribution in [2.75, 3.05) is 0 Å². The number of rotatable bonds is 6. The lowest BCUT2D eigenvalue weighted by molar-refractivity contribution is 0.628. The van der Waals surface area contributed by atoms with E-state index in [9.17, 15) is 8.50 Å². The van der Waals surface area contributed by atoms with Gasteiger partial charge in [-0.05, 0) is 117 Å². The predicted molar refractivity (Wildman–Crippen MR) is 237 cm³/mol. The Labute approximate surface area is 346 Å². The van der Waals surface area contributed by atoms with E-state index in [1.54, 1.807) is 53.1 Å². The average Bonchev–Trinajstić information content (AvgIpc) is 3.90. The topological polar surface area (TPSA) is 9.86 Å². The molecule has 0 radical (unpaired) electrons. The fraction of sp³-hybridized carbons (Fsp3) is 0. The number of aromatic nitrogens is 2. The van der Waals surface area contributed by atoms with Crippen molar-refractivity contribution in [2.24, 2.45) is 0 Å². The van der Waals surface area contributed by atoms with E-state index in [1.165, 1.54) is 12.1 Å². The van der Waals surface area contributed by atoms with Gasteiger partial charge in [0, 0.05) is 32.9 Å². The van der Waals surface area contributed by atoms with E-state index in [2.05, 4.69) is 0 Å². The lowest BCUT2D eigenvalue weighted by atomic mass is 9.99. The van der Waals surface area contributed by atoms with Gasteiger partial charge in [-0.1, -0.05) is 139 Å².